The van der Waals surface area contributed by atoms with E-state index in [1.54, 1.807) is 0 Å². The van der Waals surface area contributed by atoms with Crippen molar-refractivity contribution in [2.75, 3.05) is 24.6 Å². The molecule has 0 amide bonds. The van der Waals surface area contributed by atoms with Gasteiger partial charge in [0.2, 0.25) is 0 Å². The smallest absolute Gasteiger partial charge is 0.0669 e. The number of aliphatic hydroxyl groups excluding tert-OH is 1. The van der Waals surface area contributed by atoms with Crippen molar-refractivity contribution in [3.63, 3.8) is 0 Å². The molecule has 2 nitrogen and oxygen atoms in total. The molecule has 1 aliphatic heterocycles. The molecule has 0 aromatic carbocycles. The highest BCUT2D eigenvalue weighted by molar-refractivity contribution is 7.99. The van der Waals surface area contributed by atoms with Gasteiger partial charge in [-0.05, 0) is 42.2 Å². The standard InChI is InChI=1S/C12H25NOS/c1-12(2,3)6-11(14)8-13-7-10-4-5-15-9-10/h10-11,13-14H,4-9H2,1-3H3. The van der Waals surface area contributed by atoms with E-state index in [0.29, 0.717) is 0 Å². The quantitative estimate of drug-likeness (QED) is 0.760. The number of thioether (sulfide) groups is 1. The lowest BCUT2D eigenvalue weighted by Crippen LogP contribution is -2.33. The summed E-state index contributed by atoms with van der Waals surface area (Å²) >= 11 is 2.05. The van der Waals surface area contributed by atoms with Crippen LogP contribution in [0.2, 0.25) is 0 Å². The Hall–Kier alpha value is 0.270. The average molecular weight is 231 g/mol. The zero-order valence-corrected chi connectivity index (χ0v) is 11.1. The highest BCUT2D eigenvalue weighted by Crippen LogP contribution is 2.23. The number of aliphatic hydroxyl groups is 1. The third kappa shape index (κ3) is 6.44. The molecule has 0 aliphatic carbocycles. The Labute approximate surface area is 98.2 Å². The molecule has 2 unspecified atom stereocenters. The van der Waals surface area contributed by atoms with Crippen molar-refractivity contribution in [2.24, 2.45) is 11.3 Å². The van der Waals surface area contributed by atoms with Crippen LogP contribution in [0.25, 0.3) is 0 Å². The fraction of sp³-hybridized carbons (Fsp3) is 1.00. The van der Waals surface area contributed by atoms with Crippen LogP contribution in [0.5, 0.6) is 0 Å². The van der Waals surface area contributed by atoms with Crippen LogP contribution in [0.4, 0.5) is 0 Å². The minimum Gasteiger partial charge on any atom is -0.392 e. The number of hydrogen-bond acceptors (Lipinski definition) is 3. The molecular weight excluding hydrogens is 206 g/mol. The molecule has 0 saturated carbocycles. The van der Waals surface area contributed by atoms with E-state index in [1.165, 1.54) is 17.9 Å². The van der Waals surface area contributed by atoms with Crippen LogP contribution < -0.4 is 5.32 Å². The van der Waals surface area contributed by atoms with Gasteiger partial charge in [-0.25, -0.2) is 0 Å². The second-order valence-corrected chi connectivity index (χ2v) is 6.96. The van der Waals surface area contributed by atoms with Gasteiger partial charge in [-0.15, -0.1) is 0 Å². The summed E-state index contributed by atoms with van der Waals surface area (Å²) in [5.74, 6) is 3.44. The minimum absolute atomic E-state index is 0.195. The fourth-order valence-electron chi connectivity index (χ4n) is 1.98. The first-order chi connectivity index (χ1) is 6.97. The van der Waals surface area contributed by atoms with Crippen molar-refractivity contribution in [1.29, 1.82) is 0 Å². The molecule has 2 N–H and O–H groups in total. The number of rotatable bonds is 5. The molecule has 15 heavy (non-hydrogen) atoms. The van der Waals surface area contributed by atoms with Gasteiger partial charge in [0.15, 0.2) is 0 Å². The zero-order chi connectivity index (χ0) is 11.3. The zero-order valence-electron chi connectivity index (χ0n) is 10.3. The fourth-order valence-corrected chi connectivity index (χ4v) is 3.26. The Morgan fingerprint density at radius 2 is 2.20 bits per heavy atom. The minimum atomic E-state index is -0.195. The van der Waals surface area contributed by atoms with E-state index >= 15 is 0 Å². The topological polar surface area (TPSA) is 32.3 Å². The Morgan fingerprint density at radius 3 is 2.73 bits per heavy atom. The molecule has 2 atom stereocenters. The summed E-state index contributed by atoms with van der Waals surface area (Å²) < 4.78 is 0. The van der Waals surface area contributed by atoms with Gasteiger partial charge >= 0.3 is 0 Å². The van der Waals surface area contributed by atoms with E-state index < -0.39 is 0 Å². The summed E-state index contributed by atoms with van der Waals surface area (Å²) in [6, 6.07) is 0. The van der Waals surface area contributed by atoms with Crippen molar-refractivity contribution < 1.29 is 5.11 Å². The van der Waals surface area contributed by atoms with Crippen LogP contribution in [-0.2, 0) is 0 Å². The average Bonchev–Trinajstić information content (AvgIpc) is 2.53. The van der Waals surface area contributed by atoms with Crippen LogP contribution in [0, 0.1) is 11.3 Å². The predicted octanol–water partition coefficient (Wildman–Crippen LogP) is 2.13. The van der Waals surface area contributed by atoms with Gasteiger partial charge in [-0.2, -0.15) is 11.8 Å². The van der Waals surface area contributed by atoms with E-state index in [2.05, 4.69) is 26.1 Å². The molecule has 3 heteroatoms. The third-order valence-corrected chi connectivity index (χ3v) is 3.92. The van der Waals surface area contributed by atoms with Gasteiger partial charge in [-0.3, -0.25) is 0 Å². The summed E-state index contributed by atoms with van der Waals surface area (Å²) in [5.41, 5.74) is 0.226. The van der Waals surface area contributed by atoms with Gasteiger partial charge in [-0.1, -0.05) is 20.8 Å². The molecule has 0 radical (unpaired) electrons. The molecule has 90 valence electrons. The van der Waals surface area contributed by atoms with Crippen LogP contribution in [0.1, 0.15) is 33.6 Å². The van der Waals surface area contributed by atoms with Gasteiger partial charge < -0.3 is 10.4 Å². The van der Waals surface area contributed by atoms with Gasteiger partial charge in [0.25, 0.3) is 0 Å². The highest BCUT2D eigenvalue weighted by atomic mass is 32.2. The highest BCUT2D eigenvalue weighted by Gasteiger charge is 2.18. The van der Waals surface area contributed by atoms with Crippen molar-refractivity contribution in [2.45, 2.75) is 39.7 Å². The van der Waals surface area contributed by atoms with Crippen molar-refractivity contribution in [3.8, 4) is 0 Å². The lowest BCUT2D eigenvalue weighted by atomic mass is 9.89. The van der Waals surface area contributed by atoms with Crippen LogP contribution in [0.15, 0.2) is 0 Å². The molecule has 0 aromatic rings. The first-order valence-corrected chi connectivity index (χ1v) is 7.09. The maximum absolute atomic E-state index is 9.79. The third-order valence-electron chi connectivity index (χ3n) is 2.68. The Balaban J connectivity index is 2.03. The van der Waals surface area contributed by atoms with Gasteiger partial charge in [0.1, 0.15) is 0 Å². The molecule has 0 spiro atoms. The predicted molar refractivity (Wildman–Crippen MR) is 68.4 cm³/mol. The summed E-state index contributed by atoms with van der Waals surface area (Å²) in [6.07, 6.45) is 2.02. The van der Waals surface area contributed by atoms with E-state index in [9.17, 15) is 5.11 Å². The van der Waals surface area contributed by atoms with Crippen LogP contribution in [-0.4, -0.2) is 35.8 Å². The monoisotopic (exact) mass is 231 g/mol. The molecule has 0 bridgehead atoms. The van der Waals surface area contributed by atoms with Crippen molar-refractivity contribution >= 4 is 11.8 Å². The SMILES string of the molecule is CC(C)(C)CC(O)CNCC1CCSC1. The molecular formula is C12H25NOS. The Kier molecular flexibility index (Phi) is 5.44. The lowest BCUT2D eigenvalue weighted by molar-refractivity contribution is 0.119. The first-order valence-electron chi connectivity index (χ1n) is 5.94. The second kappa shape index (κ2) is 6.12. The normalized spacial score (nSPS) is 24.4. The molecule has 1 rings (SSSR count). The summed E-state index contributed by atoms with van der Waals surface area (Å²) in [6.45, 7) is 8.34. The summed E-state index contributed by atoms with van der Waals surface area (Å²) in [4.78, 5) is 0. The largest absolute Gasteiger partial charge is 0.392 e. The Morgan fingerprint density at radius 1 is 1.47 bits per heavy atom. The molecule has 1 heterocycles. The van der Waals surface area contributed by atoms with E-state index in [-0.39, 0.29) is 11.5 Å². The Bertz CT molecular complexity index is 173. The molecule has 1 fully saturated rings. The van der Waals surface area contributed by atoms with Crippen LogP contribution in [0.3, 0.4) is 0 Å². The van der Waals surface area contributed by atoms with Gasteiger partial charge in [0, 0.05) is 6.54 Å². The second-order valence-electron chi connectivity index (χ2n) is 5.81. The van der Waals surface area contributed by atoms with Gasteiger partial charge in [0.05, 0.1) is 6.10 Å². The van der Waals surface area contributed by atoms with Crippen LogP contribution >= 0.6 is 11.8 Å². The van der Waals surface area contributed by atoms with E-state index in [1.807, 2.05) is 11.8 Å². The molecule has 0 aromatic heterocycles. The molecule has 1 aliphatic rings. The number of hydrogen-bond donors (Lipinski definition) is 2. The van der Waals surface area contributed by atoms with E-state index in [4.69, 9.17) is 0 Å². The maximum atomic E-state index is 9.79. The number of nitrogens with one attached hydrogen (secondary N) is 1. The maximum Gasteiger partial charge on any atom is 0.0669 e. The molecule has 1 saturated heterocycles. The van der Waals surface area contributed by atoms with Crippen molar-refractivity contribution in [1.82, 2.24) is 5.32 Å². The van der Waals surface area contributed by atoms with Crippen molar-refractivity contribution in [3.05, 3.63) is 0 Å². The first kappa shape index (κ1) is 13.3. The summed E-state index contributed by atoms with van der Waals surface area (Å²) in [7, 11) is 0. The van der Waals surface area contributed by atoms with E-state index in [0.717, 1.165) is 25.4 Å². The lowest BCUT2D eigenvalue weighted by Gasteiger charge is -2.23. The summed E-state index contributed by atoms with van der Waals surface area (Å²) in [5, 5.41) is 13.2.